The van der Waals surface area contributed by atoms with Crippen LogP contribution in [0.15, 0.2) is 54.6 Å². The van der Waals surface area contributed by atoms with Crippen LogP contribution in [0.3, 0.4) is 0 Å². The van der Waals surface area contributed by atoms with Crippen molar-refractivity contribution in [3.05, 3.63) is 71.3 Å². The summed E-state index contributed by atoms with van der Waals surface area (Å²) in [6.07, 6.45) is 0. The molecule has 0 bridgehead atoms. The summed E-state index contributed by atoms with van der Waals surface area (Å²) in [5.41, 5.74) is -0.666. The first-order valence-electron chi connectivity index (χ1n) is 19.3. The van der Waals surface area contributed by atoms with Crippen LogP contribution in [0, 0.1) is 0 Å². The van der Waals surface area contributed by atoms with Gasteiger partial charge in [0.2, 0.25) is 0 Å². The van der Waals surface area contributed by atoms with E-state index in [1.807, 2.05) is 12.1 Å². The second-order valence-corrected chi connectivity index (χ2v) is 18.2. The number of carbonyl (C=O) groups excluding carboxylic acids is 4. The first kappa shape index (κ1) is 49.2. The van der Waals surface area contributed by atoms with Crippen molar-refractivity contribution in [1.29, 1.82) is 0 Å². The molecule has 14 nitrogen and oxygen atoms in total. The van der Waals surface area contributed by atoms with Gasteiger partial charge in [0.25, 0.3) is 0 Å². The fraction of sp³-hybridized carbons (Fsp3) is 0.511. The molecule has 0 atom stereocenters. The van der Waals surface area contributed by atoms with E-state index in [-0.39, 0.29) is 39.6 Å². The lowest BCUT2D eigenvalue weighted by Crippen LogP contribution is -2.27. The highest BCUT2D eigenvalue weighted by Crippen LogP contribution is 2.30. The summed E-state index contributed by atoms with van der Waals surface area (Å²) in [4.78, 5) is 49.6. The van der Waals surface area contributed by atoms with Gasteiger partial charge in [0.05, 0.1) is 0 Å². The van der Waals surface area contributed by atoms with E-state index in [0.717, 1.165) is 5.56 Å². The highest BCUT2D eigenvalue weighted by atomic mass is 79.9. The summed E-state index contributed by atoms with van der Waals surface area (Å²) in [7, 11) is 0. The summed E-state index contributed by atoms with van der Waals surface area (Å²) in [5.74, 6) is -0.0564. The van der Waals surface area contributed by atoms with Crippen LogP contribution in [-0.2, 0) is 56.7 Å². The lowest BCUT2D eigenvalue weighted by atomic mass is 10.2. The zero-order chi connectivity index (χ0) is 44.9. The molecule has 0 fully saturated rings. The van der Waals surface area contributed by atoms with Crippen molar-refractivity contribution in [2.75, 3.05) is 26.4 Å². The van der Waals surface area contributed by atoms with Gasteiger partial charge < -0.3 is 47.4 Å². The van der Waals surface area contributed by atoms with Crippen molar-refractivity contribution < 1.29 is 66.5 Å². The van der Waals surface area contributed by atoms with Crippen molar-refractivity contribution in [2.45, 2.75) is 124 Å². The average Bonchev–Trinajstić information content (AvgIpc) is 3.10. The molecule has 3 rings (SSSR count). The van der Waals surface area contributed by atoms with Gasteiger partial charge in [0.15, 0.2) is 26.4 Å². The Morgan fingerprint density at radius 3 is 0.800 bits per heavy atom. The fourth-order valence-corrected chi connectivity index (χ4v) is 5.35. The summed E-state index contributed by atoms with van der Waals surface area (Å²) in [5, 5.41) is 0.494. The Bertz CT molecular complexity index is 1700. The highest BCUT2D eigenvalue weighted by Gasteiger charge is 2.21. The quantitative estimate of drug-likeness (QED) is 0.0639. The number of rotatable bonds is 19. The van der Waals surface area contributed by atoms with Crippen LogP contribution in [-0.4, -0.2) is 72.7 Å². The standard InChI is InChI=1S/C45H59BrO14/c1-42(2,3)57-38(47)25-53-34-15-30(16-35(20-34)54-26-39(48)58-43(4,5)6)23-51-32-13-29(22-46)14-33(19-32)52-24-31-17-36(55-27-40(49)59-44(7,8)9)21-37(18-31)56-28-41(50)60-45(10,11)12/h13-21H,22-28H2,1-12H3. The monoisotopic (exact) mass is 902 g/mol. The topological polar surface area (TPSA) is 161 Å². The molecule has 0 aliphatic heterocycles. The molecule has 0 N–H and O–H groups in total. The van der Waals surface area contributed by atoms with Gasteiger partial charge in [0.1, 0.15) is 70.1 Å². The molecular formula is C45H59BrO14. The second-order valence-electron chi connectivity index (χ2n) is 17.6. The molecule has 0 aromatic heterocycles. The Morgan fingerprint density at radius 1 is 0.367 bits per heavy atom. The van der Waals surface area contributed by atoms with Gasteiger partial charge in [-0.2, -0.15) is 0 Å². The van der Waals surface area contributed by atoms with Gasteiger partial charge in [-0.05, 0) is 136 Å². The predicted octanol–water partition coefficient (Wildman–Crippen LogP) is 8.62. The molecule has 0 unspecified atom stereocenters. The average molecular weight is 904 g/mol. The lowest BCUT2D eigenvalue weighted by Gasteiger charge is -2.20. The molecule has 0 saturated carbocycles. The Hall–Kier alpha value is -5.18. The van der Waals surface area contributed by atoms with Crippen molar-refractivity contribution in [3.63, 3.8) is 0 Å². The third kappa shape index (κ3) is 20.7. The second kappa shape index (κ2) is 21.4. The van der Waals surface area contributed by atoms with Crippen LogP contribution in [0.2, 0.25) is 0 Å². The minimum absolute atomic E-state index is 0.0486. The molecule has 0 aliphatic rings. The van der Waals surface area contributed by atoms with Crippen LogP contribution in [0.1, 0.15) is 99.8 Å². The van der Waals surface area contributed by atoms with Crippen molar-refractivity contribution in [1.82, 2.24) is 0 Å². The Kier molecular flexibility index (Phi) is 17.5. The van der Waals surface area contributed by atoms with E-state index in [0.29, 0.717) is 51.0 Å². The minimum Gasteiger partial charge on any atom is -0.489 e. The smallest absolute Gasteiger partial charge is 0.344 e. The Labute approximate surface area is 361 Å². The van der Waals surface area contributed by atoms with E-state index in [1.165, 1.54) is 0 Å². The summed E-state index contributed by atoms with van der Waals surface area (Å²) in [6, 6.07) is 15.3. The molecule has 15 heteroatoms. The largest absolute Gasteiger partial charge is 0.489 e. The maximum absolute atomic E-state index is 12.4. The zero-order valence-electron chi connectivity index (χ0n) is 36.7. The first-order valence-corrected chi connectivity index (χ1v) is 20.5. The Morgan fingerprint density at radius 2 is 0.583 bits per heavy atom. The van der Waals surface area contributed by atoms with Crippen molar-refractivity contribution >= 4 is 39.8 Å². The van der Waals surface area contributed by atoms with Gasteiger partial charge in [-0.1, -0.05) is 15.9 Å². The highest BCUT2D eigenvalue weighted by molar-refractivity contribution is 9.08. The van der Waals surface area contributed by atoms with E-state index in [4.69, 9.17) is 47.4 Å². The number of hydrogen-bond donors (Lipinski definition) is 0. The van der Waals surface area contributed by atoms with E-state index < -0.39 is 46.3 Å². The van der Waals surface area contributed by atoms with Crippen LogP contribution < -0.4 is 28.4 Å². The van der Waals surface area contributed by atoms with Gasteiger partial charge in [0, 0.05) is 23.5 Å². The van der Waals surface area contributed by atoms with Crippen LogP contribution in [0.5, 0.6) is 34.5 Å². The van der Waals surface area contributed by atoms with E-state index in [1.54, 1.807) is 126 Å². The third-order valence-electron chi connectivity index (χ3n) is 6.89. The number of hydrogen-bond acceptors (Lipinski definition) is 14. The van der Waals surface area contributed by atoms with Crippen LogP contribution in [0.25, 0.3) is 0 Å². The lowest BCUT2D eigenvalue weighted by molar-refractivity contribution is -0.158. The molecule has 3 aromatic rings. The van der Waals surface area contributed by atoms with E-state index in [2.05, 4.69) is 15.9 Å². The molecule has 0 amide bonds. The predicted molar refractivity (Wildman–Crippen MR) is 226 cm³/mol. The minimum atomic E-state index is -0.688. The molecule has 60 heavy (non-hydrogen) atoms. The van der Waals surface area contributed by atoms with Crippen LogP contribution in [0.4, 0.5) is 0 Å². The Balaban J connectivity index is 1.81. The molecule has 330 valence electrons. The number of esters is 4. The van der Waals surface area contributed by atoms with Gasteiger partial charge in [-0.25, -0.2) is 19.2 Å². The zero-order valence-corrected chi connectivity index (χ0v) is 38.3. The number of carbonyl (C=O) groups is 4. The van der Waals surface area contributed by atoms with E-state index >= 15 is 0 Å². The number of alkyl halides is 1. The number of halogens is 1. The molecule has 0 saturated heterocycles. The van der Waals surface area contributed by atoms with Gasteiger partial charge in [-0.15, -0.1) is 0 Å². The first-order chi connectivity index (χ1) is 27.7. The number of benzene rings is 3. The van der Waals surface area contributed by atoms with Crippen LogP contribution >= 0.6 is 15.9 Å². The molecule has 3 aromatic carbocycles. The summed E-state index contributed by atoms with van der Waals surface area (Å²) >= 11 is 3.52. The maximum Gasteiger partial charge on any atom is 0.344 e. The van der Waals surface area contributed by atoms with Gasteiger partial charge >= 0.3 is 23.9 Å². The van der Waals surface area contributed by atoms with E-state index in [9.17, 15) is 19.2 Å². The summed E-state index contributed by atoms with van der Waals surface area (Å²) in [6.45, 7) is 19.8. The maximum atomic E-state index is 12.4. The molecular weight excluding hydrogens is 844 g/mol. The normalized spacial score (nSPS) is 11.8. The number of ether oxygens (including phenoxy) is 10. The third-order valence-corrected chi connectivity index (χ3v) is 7.54. The fourth-order valence-electron chi connectivity index (χ4n) is 5.02. The molecule has 0 aliphatic carbocycles. The molecule has 0 spiro atoms. The SMILES string of the molecule is CC(C)(C)OC(=O)COc1cc(COc2cc(CBr)cc(OCc3cc(OCC(=O)OC(C)(C)C)cc(OCC(=O)OC(C)(C)C)c3)c2)cc(OCC(=O)OC(C)(C)C)c1. The molecule has 0 radical (unpaired) electrons. The van der Waals surface area contributed by atoms with Crippen molar-refractivity contribution in [3.8, 4) is 34.5 Å². The van der Waals surface area contributed by atoms with Crippen molar-refractivity contribution in [2.24, 2.45) is 0 Å². The van der Waals surface area contributed by atoms with Gasteiger partial charge in [-0.3, -0.25) is 0 Å². The molecule has 0 heterocycles. The summed E-state index contributed by atoms with van der Waals surface area (Å²) < 4.78 is 56.9.